The van der Waals surface area contributed by atoms with Gasteiger partial charge in [-0.05, 0) is 12.6 Å². The molecule has 2 atom stereocenters. The van der Waals surface area contributed by atoms with E-state index in [2.05, 4.69) is 24.1 Å². The third-order valence-electron chi connectivity index (χ3n) is 3.27. The van der Waals surface area contributed by atoms with E-state index in [0.717, 1.165) is 19.4 Å². The van der Waals surface area contributed by atoms with Crippen LogP contribution >= 0.6 is 0 Å². The van der Waals surface area contributed by atoms with Crippen molar-refractivity contribution < 1.29 is 9.53 Å². The molecular formula is C14H19NO2. The van der Waals surface area contributed by atoms with Crippen LogP contribution in [-0.2, 0) is 16.1 Å². The first-order valence-corrected chi connectivity index (χ1v) is 6.07. The van der Waals surface area contributed by atoms with Crippen molar-refractivity contribution >= 4 is 6.29 Å². The van der Waals surface area contributed by atoms with Crippen LogP contribution in [0.15, 0.2) is 30.3 Å². The van der Waals surface area contributed by atoms with Gasteiger partial charge in [0, 0.05) is 25.4 Å². The average Bonchev–Trinajstić information content (AvgIpc) is 2.69. The summed E-state index contributed by atoms with van der Waals surface area (Å²) >= 11 is 0. The number of rotatable bonds is 5. The summed E-state index contributed by atoms with van der Waals surface area (Å²) in [5.74, 6) is 0.348. The van der Waals surface area contributed by atoms with Crippen molar-refractivity contribution in [3.63, 3.8) is 0 Å². The van der Waals surface area contributed by atoms with E-state index in [-0.39, 0.29) is 6.10 Å². The fourth-order valence-electron chi connectivity index (χ4n) is 2.36. The molecule has 1 aromatic carbocycles. The molecule has 0 N–H and O–H groups in total. The summed E-state index contributed by atoms with van der Waals surface area (Å²) in [6.45, 7) is 2.51. The Balaban J connectivity index is 1.87. The van der Waals surface area contributed by atoms with E-state index in [9.17, 15) is 4.79 Å². The Labute approximate surface area is 102 Å². The molecule has 0 bridgehead atoms. The predicted molar refractivity (Wildman–Crippen MR) is 66.7 cm³/mol. The van der Waals surface area contributed by atoms with Crippen molar-refractivity contribution in [1.29, 1.82) is 0 Å². The summed E-state index contributed by atoms with van der Waals surface area (Å²) < 4.78 is 5.92. The van der Waals surface area contributed by atoms with Gasteiger partial charge in [0.25, 0.3) is 0 Å². The van der Waals surface area contributed by atoms with Gasteiger partial charge in [0.15, 0.2) is 0 Å². The molecule has 17 heavy (non-hydrogen) atoms. The molecule has 1 heterocycles. The number of likely N-dealkylation sites (N-methyl/N-ethyl adjacent to an activating group) is 1. The third-order valence-corrected chi connectivity index (χ3v) is 3.27. The minimum atomic E-state index is 0.186. The molecule has 1 fully saturated rings. The largest absolute Gasteiger partial charge is 0.372 e. The van der Waals surface area contributed by atoms with Crippen LogP contribution in [0.5, 0.6) is 0 Å². The number of aldehydes is 1. The van der Waals surface area contributed by atoms with Gasteiger partial charge < -0.3 is 14.4 Å². The number of ether oxygens (including phenoxy) is 1. The quantitative estimate of drug-likeness (QED) is 0.725. The Kier molecular flexibility index (Phi) is 4.29. The van der Waals surface area contributed by atoms with Crippen LogP contribution in [0.25, 0.3) is 0 Å². The van der Waals surface area contributed by atoms with E-state index in [4.69, 9.17) is 4.74 Å². The van der Waals surface area contributed by atoms with Crippen molar-refractivity contribution in [3.8, 4) is 0 Å². The smallest absolute Gasteiger partial charge is 0.120 e. The van der Waals surface area contributed by atoms with Crippen LogP contribution in [0.2, 0.25) is 0 Å². The number of carbonyl (C=O) groups is 1. The molecule has 3 nitrogen and oxygen atoms in total. The molecule has 1 saturated heterocycles. The first-order valence-electron chi connectivity index (χ1n) is 6.07. The summed E-state index contributed by atoms with van der Waals surface area (Å²) in [6, 6.07) is 10.2. The van der Waals surface area contributed by atoms with Crippen LogP contribution in [0, 0.1) is 5.92 Å². The first-order chi connectivity index (χ1) is 8.29. The highest BCUT2D eigenvalue weighted by molar-refractivity contribution is 5.50. The molecule has 2 rings (SSSR count). The molecule has 0 spiro atoms. The molecule has 92 valence electrons. The minimum Gasteiger partial charge on any atom is -0.372 e. The van der Waals surface area contributed by atoms with Crippen LogP contribution in [0.4, 0.5) is 0 Å². The normalized spacial score (nSPS) is 25.0. The summed E-state index contributed by atoms with van der Waals surface area (Å²) in [5.41, 5.74) is 1.19. The Bertz CT molecular complexity index is 352. The maximum absolute atomic E-state index is 10.6. The second-order valence-corrected chi connectivity index (χ2v) is 4.72. The molecular weight excluding hydrogens is 214 g/mol. The average molecular weight is 233 g/mol. The lowest BCUT2D eigenvalue weighted by molar-refractivity contribution is -0.109. The zero-order valence-corrected chi connectivity index (χ0v) is 10.2. The zero-order valence-electron chi connectivity index (χ0n) is 10.2. The van der Waals surface area contributed by atoms with E-state index < -0.39 is 0 Å². The maximum Gasteiger partial charge on any atom is 0.120 e. The van der Waals surface area contributed by atoms with Crippen LogP contribution in [-0.4, -0.2) is 37.4 Å². The second-order valence-electron chi connectivity index (χ2n) is 4.72. The fourth-order valence-corrected chi connectivity index (χ4v) is 2.36. The van der Waals surface area contributed by atoms with Crippen molar-refractivity contribution in [3.05, 3.63) is 35.9 Å². The van der Waals surface area contributed by atoms with Crippen LogP contribution in [0.1, 0.15) is 12.0 Å². The molecule has 1 aromatic rings. The summed E-state index contributed by atoms with van der Waals surface area (Å²) in [5, 5.41) is 0. The van der Waals surface area contributed by atoms with Gasteiger partial charge in [0.05, 0.1) is 12.7 Å². The highest BCUT2D eigenvalue weighted by Crippen LogP contribution is 2.22. The molecule has 0 radical (unpaired) electrons. The Morgan fingerprint density at radius 2 is 2.12 bits per heavy atom. The van der Waals surface area contributed by atoms with E-state index in [1.165, 1.54) is 5.56 Å². The topological polar surface area (TPSA) is 29.5 Å². The standard InChI is InChI=1S/C14H19NO2/c1-15-9-13(7-8-16)14(10-15)17-11-12-5-3-2-4-6-12/h2-6,8,13-14H,7,9-11H2,1H3/t13-,14-/m0/s1. The van der Waals surface area contributed by atoms with E-state index in [1.54, 1.807) is 0 Å². The van der Waals surface area contributed by atoms with Crippen molar-refractivity contribution in [2.24, 2.45) is 5.92 Å². The molecule has 0 saturated carbocycles. The van der Waals surface area contributed by atoms with Gasteiger partial charge in [0.1, 0.15) is 6.29 Å². The van der Waals surface area contributed by atoms with Gasteiger partial charge in [-0.3, -0.25) is 0 Å². The molecule has 1 aliphatic rings. The van der Waals surface area contributed by atoms with Gasteiger partial charge in [-0.1, -0.05) is 30.3 Å². The molecule has 0 unspecified atom stereocenters. The maximum atomic E-state index is 10.6. The monoisotopic (exact) mass is 233 g/mol. The third kappa shape index (κ3) is 3.38. The Morgan fingerprint density at radius 3 is 2.82 bits per heavy atom. The van der Waals surface area contributed by atoms with Gasteiger partial charge in [0.2, 0.25) is 0 Å². The predicted octanol–water partition coefficient (Wildman–Crippen LogP) is 1.72. The molecule has 1 aliphatic heterocycles. The van der Waals surface area contributed by atoms with Crippen molar-refractivity contribution in [2.75, 3.05) is 20.1 Å². The van der Waals surface area contributed by atoms with Crippen LogP contribution < -0.4 is 0 Å². The number of nitrogens with zero attached hydrogens (tertiary/aromatic N) is 1. The molecule has 0 aromatic heterocycles. The zero-order chi connectivity index (χ0) is 12.1. The number of hydrogen-bond donors (Lipinski definition) is 0. The highest BCUT2D eigenvalue weighted by Gasteiger charge is 2.30. The summed E-state index contributed by atoms with van der Waals surface area (Å²) in [6.07, 6.45) is 1.79. The summed E-state index contributed by atoms with van der Waals surface area (Å²) in [4.78, 5) is 12.8. The molecule has 0 amide bonds. The van der Waals surface area contributed by atoms with Gasteiger partial charge in [-0.15, -0.1) is 0 Å². The number of carbonyl (C=O) groups excluding carboxylic acids is 1. The second kappa shape index (κ2) is 5.94. The Morgan fingerprint density at radius 1 is 1.35 bits per heavy atom. The van der Waals surface area contributed by atoms with Crippen LogP contribution in [0.3, 0.4) is 0 Å². The van der Waals surface area contributed by atoms with Gasteiger partial charge in [-0.2, -0.15) is 0 Å². The lowest BCUT2D eigenvalue weighted by atomic mass is 10.0. The molecule has 0 aliphatic carbocycles. The van der Waals surface area contributed by atoms with Gasteiger partial charge in [-0.25, -0.2) is 0 Å². The minimum absolute atomic E-state index is 0.186. The fraction of sp³-hybridized carbons (Fsp3) is 0.500. The molecule has 3 heteroatoms. The van der Waals surface area contributed by atoms with E-state index in [0.29, 0.717) is 18.9 Å². The van der Waals surface area contributed by atoms with Crippen molar-refractivity contribution in [1.82, 2.24) is 4.90 Å². The lowest BCUT2D eigenvalue weighted by Crippen LogP contribution is -2.23. The Hall–Kier alpha value is -1.19. The van der Waals surface area contributed by atoms with E-state index in [1.807, 2.05) is 18.2 Å². The number of likely N-dealkylation sites (tertiary alicyclic amines) is 1. The number of benzene rings is 1. The SMILES string of the molecule is CN1C[C@H](CC=O)[C@@H](OCc2ccccc2)C1. The number of hydrogen-bond acceptors (Lipinski definition) is 3. The first kappa shape index (κ1) is 12.3. The van der Waals surface area contributed by atoms with E-state index >= 15 is 0 Å². The summed E-state index contributed by atoms with van der Waals surface area (Å²) in [7, 11) is 2.07. The van der Waals surface area contributed by atoms with Crippen molar-refractivity contribution in [2.45, 2.75) is 19.1 Å². The van der Waals surface area contributed by atoms with Gasteiger partial charge >= 0.3 is 0 Å². The lowest BCUT2D eigenvalue weighted by Gasteiger charge is -2.17. The highest BCUT2D eigenvalue weighted by atomic mass is 16.5.